The normalized spacial score (nSPS) is 11.7. The quantitative estimate of drug-likeness (QED) is 0.825. The van der Waals surface area contributed by atoms with Crippen molar-refractivity contribution in [3.05, 3.63) is 21.7 Å². The van der Waals surface area contributed by atoms with Gasteiger partial charge in [-0.3, -0.25) is 0 Å². The second-order valence-electron chi connectivity index (χ2n) is 5.70. The van der Waals surface area contributed by atoms with Gasteiger partial charge in [0.15, 0.2) is 11.6 Å². The number of aryl methyl sites for hydroxylation is 1. The first-order valence-corrected chi connectivity index (χ1v) is 7.72. The zero-order valence-corrected chi connectivity index (χ0v) is 14.7. The molecule has 0 radical (unpaired) electrons. The maximum Gasteiger partial charge on any atom is 0.198 e. The highest BCUT2D eigenvalue weighted by Gasteiger charge is 2.24. The maximum atomic E-state index is 4.75. The summed E-state index contributed by atoms with van der Waals surface area (Å²) < 4.78 is 3.01. The summed E-state index contributed by atoms with van der Waals surface area (Å²) in [6.07, 6.45) is 3.67. The maximum absolute atomic E-state index is 4.75. The monoisotopic (exact) mass is 385 g/mol. The number of rotatable bonds is 3. The van der Waals surface area contributed by atoms with E-state index in [4.69, 9.17) is 4.98 Å². The van der Waals surface area contributed by atoms with Crippen LogP contribution in [0.4, 0.5) is 5.82 Å². The van der Waals surface area contributed by atoms with Crippen molar-refractivity contribution >= 4 is 28.4 Å². The molecule has 0 saturated heterocycles. The number of imidazole rings is 1. The van der Waals surface area contributed by atoms with Gasteiger partial charge in [0.2, 0.25) is 0 Å². The van der Waals surface area contributed by atoms with Crippen LogP contribution in [0.1, 0.15) is 33.4 Å². The summed E-state index contributed by atoms with van der Waals surface area (Å²) in [7, 11) is 1.95. The van der Waals surface area contributed by atoms with Crippen LogP contribution in [-0.2, 0) is 12.5 Å². The Kier molecular flexibility index (Phi) is 4.31. The molecule has 20 heavy (non-hydrogen) atoms. The van der Waals surface area contributed by atoms with E-state index >= 15 is 0 Å². The molecule has 2 heterocycles. The molecular formula is C14H20IN5. The van der Waals surface area contributed by atoms with Gasteiger partial charge in [-0.25, -0.2) is 15.0 Å². The van der Waals surface area contributed by atoms with Crippen molar-refractivity contribution < 1.29 is 0 Å². The van der Waals surface area contributed by atoms with Crippen molar-refractivity contribution in [2.75, 3.05) is 11.9 Å². The molecule has 6 heteroatoms. The van der Waals surface area contributed by atoms with Gasteiger partial charge in [0, 0.05) is 31.4 Å². The van der Waals surface area contributed by atoms with Crippen LogP contribution < -0.4 is 5.32 Å². The van der Waals surface area contributed by atoms with Gasteiger partial charge < -0.3 is 9.88 Å². The molecule has 0 unspecified atom stereocenters. The minimum absolute atomic E-state index is 0.0381. The number of nitrogens with zero attached hydrogens (tertiary/aromatic N) is 4. The first-order valence-electron chi connectivity index (χ1n) is 6.64. The zero-order valence-electron chi connectivity index (χ0n) is 12.5. The molecule has 5 nitrogen and oxygen atoms in total. The Labute approximate surface area is 133 Å². The summed E-state index contributed by atoms with van der Waals surface area (Å²) in [5.74, 6) is 2.33. The number of halogens is 1. The molecule has 108 valence electrons. The molecule has 0 aliphatic heterocycles. The molecule has 0 amide bonds. The van der Waals surface area contributed by atoms with Crippen molar-refractivity contribution in [2.45, 2.75) is 33.1 Å². The lowest BCUT2D eigenvalue weighted by molar-refractivity contribution is 0.563. The van der Waals surface area contributed by atoms with Gasteiger partial charge >= 0.3 is 0 Å². The molecule has 0 bridgehead atoms. The molecule has 0 fully saturated rings. The van der Waals surface area contributed by atoms with E-state index in [1.807, 2.05) is 17.8 Å². The van der Waals surface area contributed by atoms with E-state index in [1.54, 1.807) is 6.20 Å². The molecule has 1 N–H and O–H groups in total. The highest BCUT2D eigenvalue weighted by Crippen LogP contribution is 2.31. The van der Waals surface area contributed by atoms with Crippen LogP contribution in [0, 0.1) is 3.57 Å². The Morgan fingerprint density at radius 3 is 2.50 bits per heavy atom. The first kappa shape index (κ1) is 15.2. The second-order valence-corrected chi connectivity index (χ2v) is 6.78. The Bertz CT molecular complexity index is 613. The van der Waals surface area contributed by atoms with Crippen LogP contribution in [0.3, 0.4) is 0 Å². The van der Waals surface area contributed by atoms with E-state index in [0.717, 1.165) is 27.5 Å². The molecule has 0 atom stereocenters. The lowest BCUT2D eigenvalue weighted by atomic mass is 9.92. The topological polar surface area (TPSA) is 55.6 Å². The molecule has 2 aromatic rings. The van der Waals surface area contributed by atoms with Crippen LogP contribution in [0.15, 0.2) is 12.4 Å². The highest BCUT2D eigenvalue weighted by molar-refractivity contribution is 14.1. The molecule has 0 aliphatic rings. The Morgan fingerprint density at radius 1 is 1.30 bits per heavy atom. The summed E-state index contributed by atoms with van der Waals surface area (Å²) >= 11 is 2.32. The van der Waals surface area contributed by atoms with Crippen LogP contribution in [0.25, 0.3) is 11.6 Å². The van der Waals surface area contributed by atoms with Crippen LogP contribution in [-0.4, -0.2) is 26.1 Å². The van der Waals surface area contributed by atoms with Crippen LogP contribution in [0.2, 0.25) is 0 Å². The molecule has 2 aromatic heterocycles. The lowest BCUT2D eigenvalue weighted by Crippen LogP contribution is -2.19. The standard InChI is InChI=1S/C14H20IN5/c1-6-16-11-9(15)10(14(2,3)4)18-12(19-11)13-17-7-8-20(13)5/h7-8H,6H2,1-5H3,(H,16,18,19). The van der Waals surface area contributed by atoms with Crippen molar-refractivity contribution in [1.29, 1.82) is 0 Å². The Morgan fingerprint density at radius 2 is 2.00 bits per heavy atom. The average molecular weight is 385 g/mol. The van der Waals surface area contributed by atoms with E-state index in [2.05, 4.69) is 65.6 Å². The number of aromatic nitrogens is 4. The van der Waals surface area contributed by atoms with Gasteiger partial charge in [-0.15, -0.1) is 0 Å². The SMILES string of the molecule is CCNc1nc(-c2nccn2C)nc(C(C)(C)C)c1I. The number of hydrogen-bond donors (Lipinski definition) is 1. The van der Waals surface area contributed by atoms with Gasteiger partial charge in [-0.1, -0.05) is 20.8 Å². The third kappa shape index (κ3) is 2.94. The molecule has 0 saturated carbocycles. The predicted molar refractivity (Wildman–Crippen MR) is 89.8 cm³/mol. The van der Waals surface area contributed by atoms with Crippen molar-refractivity contribution in [3.8, 4) is 11.6 Å². The van der Waals surface area contributed by atoms with Crippen molar-refractivity contribution in [2.24, 2.45) is 7.05 Å². The summed E-state index contributed by atoms with van der Waals surface area (Å²) in [5.41, 5.74) is 1.01. The minimum atomic E-state index is -0.0381. The third-order valence-corrected chi connectivity index (χ3v) is 3.95. The summed E-state index contributed by atoms with van der Waals surface area (Å²) in [5, 5.41) is 3.31. The molecule has 0 aromatic carbocycles. The Balaban J connectivity index is 2.65. The summed E-state index contributed by atoms with van der Waals surface area (Å²) in [4.78, 5) is 13.7. The van der Waals surface area contributed by atoms with Crippen LogP contribution in [0.5, 0.6) is 0 Å². The predicted octanol–water partition coefficient (Wildman–Crippen LogP) is 3.21. The number of hydrogen-bond acceptors (Lipinski definition) is 4. The number of nitrogens with one attached hydrogen (secondary N) is 1. The highest BCUT2D eigenvalue weighted by atomic mass is 127. The van der Waals surface area contributed by atoms with E-state index in [9.17, 15) is 0 Å². The molecule has 2 rings (SSSR count). The fraction of sp³-hybridized carbons (Fsp3) is 0.500. The van der Waals surface area contributed by atoms with E-state index in [-0.39, 0.29) is 5.41 Å². The fourth-order valence-electron chi connectivity index (χ4n) is 1.91. The van der Waals surface area contributed by atoms with Crippen LogP contribution >= 0.6 is 22.6 Å². The minimum Gasteiger partial charge on any atom is -0.369 e. The van der Waals surface area contributed by atoms with E-state index < -0.39 is 0 Å². The molecular weight excluding hydrogens is 365 g/mol. The summed E-state index contributed by atoms with van der Waals surface area (Å²) in [6.45, 7) is 9.38. The largest absolute Gasteiger partial charge is 0.369 e. The Hall–Kier alpha value is -1.18. The smallest absolute Gasteiger partial charge is 0.198 e. The van der Waals surface area contributed by atoms with Gasteiger partial charge in [0.05, 0.1) is 9.26 Å². The van der Waals surface area contributed by atoms with Crippen molar-refractivity contribution in [1.82, 2.24) is 19.5 Å². The summed E-state index contributed by atoms with van der Waals surface area (Å²) in [6, 6.07) is 0. The second kappa shape index (κ2) is 5.67. The van der Waals surface area contributed by atoms with Gasteiger partial charge in [0.1, 0.15) is 5.82 Å². The molecule has 0 aliphatic carbocycles. The van der Waals surface area contributed by atoms with Gasteiger partial charge in [-0.05, 0) is 29.5 Å². The lowest BCUT2D eigenvalue weighted by Gasteiger charge is -2.22. The fourth-order valence-corrected chi connectivity index (χ4v) is 3.15. The van der Waals surface area contributed by atoms with Gasteiger partial charge in [0.25, 0.3) is 0 Å². The molecule has 0 spiro atoms. The zero-order chi connectivity index (χ0) is 14.9. The van der Waals surface area contributed by atoms with E-state index in [0.29, 0.717) is 5.82 Å². The number of anilines is 1. The van der Waals surface area contributed by atoms with E-state index in [1.165, 1.54) is 0 Å². The van der Waals surface area contributed by atoms with Gasteiger partial charge in [-0.2, -0.15) is 0 Å². The third-order valence-electron chi connectivity index (χ3n) is 2.93. The van der Waals surface area contributed by atoms with Crippen molar-refractivity contribution in [3.63, 3.8) is 0 Å². The first-order chi connectivity index (χ1) is 9.34. The average Bonchev–Trinajstić information content (AvgIpc) is 2.77.